The number of nitrogens with zero attached hydrogens (tertiary/aromatic N) is 1. The Morgan fingerprint density at radius 2 is 2.25 bits per heavy atom. The van der Waals surface area contributed by atoms with Gasteiger partial charge in [0.15, 0.2) is 0 Å². The van der Waals surface area contributed by atoms with Crippen LogP contribution in [0.5, 0.6) is 0 Å². The fraction of sp³-hybridized carbons (Fsp3) is 0.529. The van der Waals surface area contributed by atoms with Crippen molar-refractivity contribution in [2.24, 2.45) is 0 Å². The maximum atomic E-state index is 13.5. The molecule has 6 nitrogen and oxygen atoms in total. The molecular weight excluding hydrogens is 315 g/mol. The van der Waals surface area contributed by atoms with Crippen LogP contribution >= 0.6 is 0 Å². The maximum absolute atomic E-state index is 13.5. The third kappa shape index (κ3) is 5.01. The van der Waals surface area contributed by atoms with Crippen molar-refractivity contribution < 1.29 is 23.8 Å². The molecule has 0 bridgehead atoms. The van der Waals surface area contributed by atoms with Crippen molar-refractivity contribution in [3.05, 3.63) is 35.1 Å². The van der Waals surface area contributed by atoms with Crippen molar-refractivity contribution in [3.8, 4) is 0 Å². The molecule has 0 radical (unpaired) electrons. The molecule has 1 unspecified atom stereocenters. The Hall–Kier alpha value is -1.99. The number of hydrogen-bond acceptors (Lipinski definition) is 4. The topological polar surface area (TPSA) is 78.9 Å². The number of carbonyl (C=O) groups is 2. The molecule has 2 N–H and O–H groups in total. The second-order valence-electron chi connectivity index (χ2n) is 5.91. The molecule has 0 saturated carbocycles. The highest BCUT2D eigenvalue weighted by Gasteiger charge is 2.26. The predicted octanol–water partition coefficient (Wildman–Crippen LogP) is 0.962. The summed E-state index contributed by atoms with van der Waals surface area (Å²) in [4.78, 5) is 25.4. The molecule has 2 rings (SSSR count). The van der Waals surface area contributed by atoms with Gasteiger partial charge in [-0.25, -0.2) is 4.39 Å². The van der Waals surface area contributed by atoms with Gasteiger partial charge in [-0.05, 0) is 37.0 Å². The van der Waals surface area contributed by atoms with E-state index in [4.69, 9.17) is 4.74 Å². The normalized spacial score (nSPS) is 18.4. The minimum Gasteiger partial charge on any atom is -0.383 e. The number of methoxy groups -OCH3 is 1. The van der Waals surface area contributed by atoms with Crippen LogP contribution in [0.25, 0.3) is 0 Å². The highest BCUT2D eigenvalue weighted by molar-refractivity contribution is 5.87. The lowest BCUT2D eigenvalue weighted by molar-refractivity contribution is -0.142. The highest BCUT2D eigenvalue weighted by atomic mass is 19.1. The highest BCUT2D eigenvalue weighted by Crippen LogP contribution is 2.13. The minimum absolute atomic E-state index is 0.0813. The Balaban J connectivity index is 1.88. The zero-order valence-electron chi connectivity index (χ0n) is 13.8. The number of amides is 2. The first kappa shape index (κ1) is 18.4. The molecule has 2 amide bonds. The first-order valence-corrected chi connectivity index (χ1v) is 8.01. The van der Waals surface area contributed by atoms with Crippen molar-refractivity contribution in [1.29, 1.82) is 0 Å². The Morgan fingerprint density at radius 3 is 3.00 bits per heavy atom. The third-order valence-electron chi connectivity index (χ3n) is 3.99. The summed E-state index contributed by atoms with van der Waals surface area (Å²) in [6.45, 7) is 0.786. The van der Waals surface area contributed by atoms with Gasteiger partial charge < -0.3 is 20.1 Å². The summed E-state index contributed by atoms with van der Waals surface area (Å²) in [6.07, 6.45) is 0.959. The minimum atomic E-state index is -1.02. The van der Waals surface area contributed by atoms with Gasteiger partial charge in [0.25, 0.3) is 5.91 Å². The molecule has 1 aromatic rings. The van der Waals surface area contributed by atoms with E-state index < -0.39 is 12.0 Å². The summed E-state index contributed by atoms with van der Waals surface area (Å²) >= 11 is 0. The third-order valence-corrected chi connectivity index (χ3v) is 3.99. The van der Waals surface area contributed by atoms with Gasteiger partial charge in [0.05, 0.1) is 13.2 Å². The lowest BCUT2D eigenvalue weighted by Crippen LogP contribution is -2.44. The van der Waals surface area contributed by atoms with Gasteiger partial charge in [-0.2, -0.15) is 0 Å². The van der Waals surface area contributed by atoms with Crippen LogP contribution in [-0.4, -0.2) is 48.1 Å². The van der Waals surface area contributed by atoms with Crippen LogP contribution in [0.4, 0.5) is 4.39 Å². The Labute approximate surface area is 140 Å². The molecule has 132 valence electrons. The SMILES string of the molecule is COCc1cc(CNC(=O)CN2CCCCC(O)C2=O)ccc1F. The number of hydrogen-bond donors (Lipinski definition) is 2. The smallest absolute Gasteiger partial charge is 0.251 e. The number of ether oxygens (including phenoxy) is 1. The first-order chi connectivity index (χ1) is 11.5. The second-order valence-corrected chi connectivity index (χ2v) is 5.91. The first-order valence-electron chi connectivity index (χ1n) is 8.01. The molecule has 1 fully saturated rings. The molecule has 24 heavy (non-hydrogen) atoms. The van der Waals surface area contributed by atoms with E-state index >= 15 is 0 Å². The van der Waals surface area contributed by atoms with Gasteiger partial charge in [-0.3, -0.25) is 9.59 Å². The van der Waals surface area contributed by atoms with Crippen LogP contribution in [0.1, 0.15) is 30.4 Å². The maximum Gasteiger partial charge on any atom is 0.251 e. The van der Waals surface area contributed by atoms with Crippen molar-refractivity contribution in [1.82, 2.24) is 10.2 Å². The lowest BCUT2D eigenvalue weighted by Gasteiger charge is -2.21. The van der Waals surface area contributed by atoms with E-state index in [0.29, 0.717) is 18.5 Å². The molecule has 0 aliphatic carbocycles. The largest absolute Gasteiger partial charge is 0.383 e. The molecule has 1 aromatic carbocycles. The zero-order chi connectivity index (χ0) is 17.5. The van der Waals surface area contributed by atoms with E-state index in [1.165, 1.54) is 18.1 Å². The number of aliphatic hydroxyl groups is 1. The number of aliphatic hydroxyl groups excluding tert-OH is 1. The monoisotopic (exact) mass is 338 g/mol. The number of nitrogens with one attached hydrogen (secondary N) is 1. The quantitative estimate of drug-likeness (QED) is 0.810. The summed E-state index contributed by atoms with van der Waals surface area (Å²) in [5.74, 6) is -1.06. The second kappa shape index (κ2) is 8.75. The molecule has 1 atom stereocenters. The predicted molar refractivity (Wildman–Crippen MR) is 85.4 cm³/mol. The van der Waals surface area contributed by atoms with Gasteiger partial charge in [0.2, 0.25) is 5.91 Å². The Bertz CT molecular complexity index is 594. The number of rotatable bonds is 6. The van der Waals surface area contributed by atoms with E-state index in [2.05, 4.69) is 5.32 Å². The van der Waals surface area contributed by atoms with Crippen LogP contribution < -0.4 is 5.32 Å². The van der Waals surface area contributed by atoms with E-state index in [1.54, 1.807) is 12.1 Å². The van der Waals surface area contributed by atoms with Gasteiger partial charge in [0.1, 0.15) is 11.9 Å². The van der Waals surface area contributed by atoms with E-state index in [9.17, 15) is 19.1 Å². The molecule has 1 aliphatic heterocycles. The van der Waals surface area contributed by atoms with Gasteiger partial charge >= 0.3 is 0 Å². The average molecular weight is 338 g/mol. The summed E-state index contributed by atoms with van der Waals surface area (Å²) in [6, 6.07) is 4.57. The van der Waals surface area contributed by atoms with E-state index in [1.807, 2.05) is 0 Å². The van der Waals surface area contributed by atoms with Crippen LogP contribution in [0, 0.1) is 5.82 Å². The van der Waals surface area contributed by atoms with Crippen LogP contribution in [-0.2, 0) is 27.5 Å². The van der Waals surface area contributed by atoms with Crippen LogP contribution in [0.2, 0.25) is 0 Å². The zero-order valence-corrected chi connectivity index (χ0v) is 13.8. The molecule has 1 aliphatic rings. The van der Waals surface area contributed by atoms with Crippen LogP contribution in [0.3, 0.4) is 0 Å². The molecule has 0 spiro atoms. The molecule has 0 aromatic heterocycles. The number of carbonyl (C=O) groups excluding carboxylic acids is 2. The average Bonchev–Trinajstić information content (AvgIpc) is 2.71. The molecule has 1 saturated heterocycles. The fourth-order valence-electron chi connectivity index (χ4n) is 2.68. The van der Waals surface area contributed by atoms with Crippen molar-refractivity contribution >= 4 is 11.8 Å². The van der Waals surface area contributed by atoms with Crippen molar-refractivity contribution in [2.45, 2.75) is 38.5 Å². The lowest BCUT2D eigenvalue weighted by atomic mass is 10.1. The molecule has 1 heterocycles. The van der Waals surface area contributed by atoms with Gasteiger partial charge in [-0.1, -0.05) is 6.07 Å². The standard InChI is InChI=1S/C17H23FN2O4/c1-24-11-13-8-12(5-6-14(13)18)9-19-16(22)10-20-7-3-2-4-15(21)17(20)23/h5-6,8,15,21H,2-4,7,9-11H2,1H3,(H,19,22). The summed E-state index contributed by atoms with van der Waals surface area (Å²) in [7, 11) is 1.49. The molecular formula is C17H23FN2O4. The van der Waals surface area contributed by atoms with Crippen molar-refractivity contribution in [3.63, 3.8) is 0 Å². The molecule has 7 heteroatoms. The summed E-state index contributed by atoms with van der Waals surface area (Å²) in [5.41, 5.74) is 1.18. The van der Waals surface area contributed by atoms with E-state index in [0.717, 1.165) is 18.4 Å². The number of halogens is 1. The van der Waals surface area contributed by atoms with Gasteiger partial charge in [0, 0.05) is 25.8 Å². The van der Waals surface area contributed by atoms with Crippen LogP contribution in [0.15, 0.2) is 18.2 Å². The van der Waals surface area contributed by atoms with Crippen molar-refractivity contribution in [2.75, 3.05) is 20.2 Å². The van der Waals surface area contributed by atoms with E-state index in [-0.39, 0.29) is 31.4 Å². The number of likely N-dealkylation sites (tertiary alicyclic amines) is 1. The number of benzene rings is 1. The fourth-order valence-corrected chi connectivity index (χ4v) is 2.68. The Kier molecular flexibility index (Phi) is 6.69. The summed E-state index contributed by atoms with van der Waals surface area (Å²) in [5, 5.41) is 12.4. The van der Waals surface area contributed by atoms with Gasteiger partial charge in [-0.15, -0.1) is 0 Å². The summed E-state index contributed by atoms with van der Waals surface area (Å²) < 4.78 is 18.5. The Morgan fingerprint density at radius 1 is 1.46 bits per heavy atom.